The number of pyridine rings is 1. The molecule has 3 heteroatoms. The van der Waals surface area contributed by atoms with Gasteiger partial charge in [-0.3, -0.25) is 0 Å². The maximum Gasteiger partial charge on any atom is 0.134 e. The summed E-state index contributed by atoms with van der Waals surface area (Å²) < 4.78 is 0. The summed E-state index contributed by atoms with van der Waals surface area (Å²) in [6.45, 7) is 5.50. The van der Waals surface area contributed by atoms with Gasteiger partial charge in [0.1, 0.15) is 5.82 Å². The van der Waals surface area contributed by atoms with Crippen molar-refractivity contribution >= 4 is 16.6 Å². The maximum atomic E-state index is 4.51. The average molecular weight is 255 g/mol. The third-order valence-electron chi connectivity index (χ3n) is 4.01. The Morgan fingerprint density at radius 3 is 3.16 bits per heavy atom. The maximum absolute atomic E-state index is 4.51. The minimum absolute atomic E-state index is 0.823. The predicted octanol–water partition coefficient (Wildman–Crippen LogP) is 2.95. The van der Waals surface area contributed by atoms with E-state index in [1.807, 2.05) is 6.20 Å². The Balaban J connectivity index is 1.73. The van der Waals surface area contributed by atoms with E-state index in [9.17, 15) is 0 Å². The molecule has 2 N–H and O–H groups in total. The van der Waals surface area contributed by atoms with Gasteiger partial charge in [-0.05, 0) is 55.8 Å². The molecule has 0 saturated carbocycles. The molecule has 1 aliphatic heterocycles. The fraction of sp³-hybridized carbons (Fsp3) is 0.438. The topological polar surface area (TPSA) is 37.0 Å². The highest BCUT2D eigenvalue weighted by atomic mass is 15.0. The molecule has 0 aliphatic carbocycles. The molecule has 1 unspecified atom stereocenters. The van der Waals surface area contributed by atoms with E-state index in [2.05, 4.69) is 46.8 Å². The van der Waals surface area contributed by atoms with Crippen molar-refractivity contribution in [3.05, 3.63) is 36.0 Å². The van der Waals surface area contributed by atoms with E-state index in [4.69, 9.17) is 0 Å². The van der Waals surface area contributed by atoms with Gasteiger partial charge in [-0.2, -0.15) is 0 Å². The molecule has 1 aromatic heterocycles. The van der Waals surface area contributed by atoms with E-state index in [1.165, 1.54) is 42.3 Å². The van der Waals surface area contributed by atoms with E-state index in [1.54, 1.807) is 0 Å². The molecule has 19 heavy (non-hydrogen) atoms. The molecule has 1 aliphatic rings. The molecule has 0 bridgehead atoms. The largest absolute Gasteiger partial charge is 0.370 e. The zero-order valence-corrected chi connectivity index (χ0v) is 11.4. The van der Waals surface area contributed by atoms with Crippen molar-refractivity contribution in [3.63, 3.8) is 0 Å². The monoisotopic (exact) mass is 255 g/mol. The normalized spacial score (nSPS) is 18.9. The Morgan fingerprint density at radius 1 is 1.37 bits per heavy atom. The van der Waals surface area contributed by atoms with Crippen molar-refractivity contribution in [1.82, 2.24) is 10.3 Å². The fourth-order valence-corrected chi connectivity index (χ4v) is 2.90. The van der Waals surface area contributed by atoms with Crippen molar-refractivity contribution in [3.8, 4) is 0 Å². The van der Waals surface area contributed by atoms with Gasteiger partial charge in [0.15, 0.2) is 0 Å². The van der Waals surface area contributed by atoms with Crippen LogP contribution in [0.25, 0.3) is 10.8 Å². The summed E-state index contributed by atoms with van der Waals surface area (Å²) in [7, 11) is 0. The van der Waals surface area contributed by atoms with Crippen LogP contribution < -0.4 is 10.6 Å². The first kappa shape index (κ1) is 12.4. The summed E-state index contributed by atoms with van der Waals surface area (Å²) in [5, 5.41) is 9.46. The van der Waals surface area contributed by atoms with Gasteiger partial charge < -0.3 is 10.6 Å². The number of aromatic nitrogens is 1. The van der Waals surface area contributed by atoms with Crippen LogP contribution in [0.1, 0.15) is 18.4 Å². The smallest absolute Gasteiger partial charge is 0.134 e. The molecular formula is C16H21N3. The van der Waals surface area contributed by atoms with Crippen molar-refractivity contribution in [1.29, 1.82) is 0 Å². The third-order valence-corrected chi connectivity index (χ3v) is 4.01. The first-order valence-corrected chi connectivity index (χ1v) is 7.13. The van der Waals surface area contributed by atoms with Crippen LogP contribution in [0.5, 0.6) is 0 Å². The third kappa shape index (κ3) is 2.71. The van der Waals surface area contributed by atoms with Gasteiger partial charge in [-0.1, -0.05) is 18.2 Å². The number of benzene rings is 1. The number of nitrogens with one attached hydrogen (secondary N) is 2. The van der Waals surface area contributed by atoms with Crippen LogP contribution >= 0.6 is 0 Å². The Kier molecular flexibility index (Phi) is 3.65. The van der Waals surface area contributed by atoms with Gasteiger partial charge >= 0.3 is 0 Å². The second kappa shape index (κ2) is 5.57. The Bertz CT molecular complexity index is 554. The Morgan fingerprint density at radius 2 is 2.32 bits per heavy atom. The second-order valence-electron chi connectivity index (χ2n) is 5.41. The summed E-state index contributed by atoms with van der Waals surface area (Å²) in [5.74, 6) is 1.85. The van der Waals surface area contributed by atoms with E-state index < -0.39 is 0 Å². The lowest BCUT2D eigenvalue weighted by molar-refractivity contribution is 0.549. The van der Waals surface area contributed by atoms with E-state index in [-0.39, 0.29) is 0 Å². The zero-order valence-electron chi connectivity index (χ0n) is 11.4. The molecule has 1 fully saturated rings. The lowest BCUT2D eigenvalue weighted by Crippen LogP contribution is -2.13. The zero-order chi connectivity index (χ0) is 13.1. The average Bonchev–Trinajstić information content (AvgIpc) is 2.92. The molecule has 1 saturated heterocycles. The Labute approximate surface area is 114 Å². The predicted molar refractivity (Wildman–Crippen MR) is 80.6 cm³/mol. The van der Waals surface area contributed by atoms with Gasteiger partial charge in [-0.25, -0.2) is 4.98 Å². The number of hydrogen-bond donors (Lipinski definition) is 2. The van der Waals surface area contributed by atoms with Crippen LogP contribution in [0.2, 0.25) is 0 Å². The minimum atomic E-state index is 0.823. The number of rotatable bonds is 4. The number of fused-ring (bicyclic) bond motifs is 1. The lowest BCUT2D eigenvalue weighted by atomic mass is 10.0. The van der Waals surface area contributed by atoms with Crippen LogP contribution in [-0.4, -0.2) is 24.6 Å². The van der Waals surface area contributed by atoms with E-state index in [0.29, 0.717) is 0 Å². The van der Waals surface area contributed by atoms with Gasteiger partial charge in [0.25, 0.3) is 0 Å². The second-order valence-corrected chi connectivity index (χ2v) is 5.41. The van der Waals surface area contributed by atoms with Crippen LogP contribution in [0.4, 0.5) is 5.82 Å². The summed E-state index contributed by atoms with van der Waals surface area (Å²) in [4.78, 5) is 4.51. The summed E-state index contributed by atoms with van der Waals surface area (Å²) in [6, 6.07) is 8.48. The number of anilines is 1. The van der Waals surface area contributed by atoms with Crippen LogP contribution in [0.3, 0.4) is 0 Å². The molecule has 0 radical (unpaired) electrons. The fourth-order valence-electron chi connectivity index (χ4n) is 2.90. The van der Waals surface area contributed by atoms with Gasteiger partial charge in [0.05, 0.1) is 0 Å². The molecule has 0 amide bonds. The number of aryl methyl sites for hydroxylation is 1. The standard InChI is InChI=1S/C16H21N3/c1-12-3-2-4-14-7-10-19-16(15(12)14)18-9-6-13-5-8-17-11-13/h2-4,7,10,13,17H,5-6,8-9,11H2,1H3,(H,18,19). The van der Waals surface area contributed by atoms with Crippen LogP contribution in [-0.2, 0) is 0 Å². The molecule has 3 rings (SSSR count). The first-order valence-electron chi connectivity index (χ1n) is 7.13. The molecular weight excluding hydrogens is 234 g/mol. The van der Waals surface area contributed by atoms with Crippen LogP contribution in [0.15, 0.2) is 30.5 Å². The molecule has 3 nitrogen and oxygen atoms in total. The van der Waals surface area contributed by atoms with E-state index >= 15 is 0 Å². The van der Waals surface area contributed by atoms with E-state index in [0.717, 1.165) is 18.3 Å². The highest BCUT2D eigenvalue weighted by Crippen LogP contribution is 2.24. The highest BCUT2D eigenvalue weighted by molar-refractivity contribution is 5.94. The van der Waals surface area contributed by atoms with Gasteiger partial charge in [-0.15, -0.1) is 0 Å². The van der Waals surface area contributed by atoms with Crippen molar-refractivity contribution < 1.29 is 0 Å². The quantitative estimate of drug-likeness (QED) is 0.882. The molecule has 2 aromatic rings. The molecule has 100 valence electrons. The lowest BCUT2D eigenvalue weighted by Gasteiger charge is -2.12. The number of hydrogen-bond acceptors (Lipinski definition) is 3. The van der Waals surface area contributed by atoms with Crippen molar-refractivity contribution in [2.24, 2.45) is 5.92 Å². The molecule has 1 atom stereocenters. The summed E-state index contributed by atoms with van der Waals surface area (Å²) in [6.07, 6.45) is 4.42. The van der Waals surface area contributed by atoms with Crippen molar-refractivity contribution in [2.45, 2.75) is 19.8 Å². The Hall–Kier alpha value is -1.61. The first-order chi connectivity index (χ1) is 9.34. The summed E-state index contributed by atoms with van der Waals surface area (Å²) in [5.41, 5.74) is 1.29. The van der Waals surface area contributed by atoms with Gasteiger partial charge in [0.2, 0.25) is 0 Å². The van der Waals surface area contributed by atoms with Gasteiger partial charge in [0, 0.05) is 18.1 Å². The minimum Gasteiger partial charge on any atom is -0.370 e. The summed E-state index contributed by atoms with van der Waals surface area (Å²) >= 11 is 0. The SMILES string of the molecule is Cc1cccc2ccnc(NCCC3CCNC3)c12. The molecule has 2 heterocycles. The molecule has 0 spiro atoms. The highest BCUT2D eigenvalue weighted by Gasteiger charge is 2.13. The van der Waals surface area contributed by atoms with Crippen LogP contribution in [0, 0.1) is 12.8 Å². The molecule has 1 aromatic carbocycles. The number of nitrogens with zero attached hydrogens (tertiary/aromatic N) is 1. The van der Waals surface area contributed by atoms with Crippen molar-refractivity contribution in [2.75, 3.05) is 25.0 Å².